The Bertz CT molecular complexity index is 442. The highest BCUT2D eigenvalue weighted by Gasteiger charge is 2.40. The van der Waals surface area contributed by atoms with Gasteiger partial charge in [-0.05, 0) is 51.1 Å². The number of hydrogen-bond acceptors (Lipinski definition) is 2. The summed E-state index contributed by atoms with van der Waals surface area (Å²) in [4.78, 5) is 0. The molecule has 1 nitrogen and oxygen atoms in total. The summed E-state index contributed by atoms with van der Waals surface area (Å²) in [5.41, 5.74) is 0.688. The first-order valence-electron chi connectivity index (χ1n) is 6.25. The molecule has 2 atom stereocenters. The first-order valence-corrected chi connectivity index (χ1v) is 7.24. The molecule has 100 valence electrons. The maximum absolute atomic E-state index is 14.2. The van der Waals surface area contributed by atoms with Crippen LogP contribution >= 0.6 is 11.8 Å². The van der Waals surface area contributed by atoms with E-state index in [1.165, 1.54) is 12.1 Å². The fraction of sp³-hybridized carbons (Fsp3) is 0.571. The molecule has 0 saturated carbocycles. The summed E-state index contributed by atoms with van der Waals surface area (Å²) < 4.78 is 28.1. The normalized spacial score (nSPS) is 25.4. The molecule has 0 spiro atoms. The predicted molar refractivity (Wildman–Crippen MR) is 73.0 cm³/mol. The van der Waals surface area contributed by atoms with E-state index in [0.717, 1.165) is 18.6 Å². The molecule has 1 aromatic rings. The zero-order chi connectivity index (χ0) is 13.3. The van der Waals surface area contributed by atoms with E-state index in [0.29, 0.717) is 5.56 Å². The third-order valence-electron chi connectivity index (χ3n) is 3.76. The first kappa shape index (κ1) is 13.8. The van der Waals surface area contributed by atoms with Crippen LogP contribution in [0.15, 0.2) is 12.1 Å². The molecule has 1 N–H and O–H groups in total. The van der Waals surface area contributed by atoms with Crippen molar-refractivity contribution in [3.05, 3.63) is 34.9 Å². The zero-order valence-corrected chi connectivity index (χ0v) is 11.8. The second-order valence-electron chi connectivity index (χ2n) is 5.08. The quantitative estimate of drug-likeness (QED) is 0.897. The van der Waals surface area contributed by atoms with Crippen LogP contribution in [0.1, 0.15) is 36.9 Å². The number of nitrogens with one attached hydrogen (secondary N) is 1. The molecule has 1 heterocycles. The van der Waals surface area contributed by atoms with Gasteiger partial charge in [-0.2, -0.15) is 11.8 Å². The van der Waals surface area contributed by atoms with Crippen molar-refractivity contribution in [3.63, 3.8) is 0 Å². The fourth-order valence-electron chi connectivity index (χ4n) is 2.73. The summed E-state index contributed by atoms with van der Waals surface area (Å²) in [6.07, 6.45) is 2.09. The van der Waals surface area contributed by atoms with Crippen LogP contribution in [0.4, 0.5) is 8.78 Å². The van der Waals surface area contributed by atoms with Gasteiger partial charge in [-0.25, -0.2) is 8.78 Å². The van der Waals surface area contributed by atoms with E-state index in [9.17, 15) is 8.78 Å². The molecule has 1 fully saturated rings. The lowest BCUT2D eigenvalue weighted by Gasteiger charge is -2.34. The highest BCUT2D eigenvalue weighted by atomic mass is 32.2. The Morgan fingerprint density at radius 1 is 1.39 bits per heavy atom. The van der Waals surface area contributed by atoms with Crippen LogP contribution < -0.4 is 5.32 Å². The van der Waals surface area contributed by atoms with Gasteiger partial charge in [0.1, 0.15) is 11.6 Å². The number of aryl methyl sites for hydroxylation is 1. The average molecular weight is 271 g/mol. The number of rotatable bonds is 3. The third-order valence-corrected chi connectivity index (χ3v) is 5.35. The van der Waals surface area contributed by atoms with Crippen molar-refractivity contribution in [2.24, 2.45) is 0 Å². The molecule has 1 aliphatic rings. The Kier molecular flexibility index (Phi) is 3.97. The van der Waals surface area contributed by atoms with E-state index in [1.54, 1.807) is 25.7 Å². The summed E-state index contributed by atoms with van der Waals surface area (Å²) in [6.45, 7) is 3.77. The Morgan fingerprint density at radius 3 is 2.67 bits per heavy atom. The molecule has 0 aromatic heterocycles. The maximum atomic E-state index is 14.2. The number of thioether (sulfide) groups is 1. The van der Waals surface area contributed by atoms with Crippen molar-refractivity contribution >= 4 is 11.8 Å². The minimum absolute atomic E-state index is 0.135. The van der Waals surface area contributed by atoms with E-state index in [4.69, 9.17) is 0 Å². The van der Waals surface area contributed by atoms with E-state index < -0.39 is 11.6 Å². The smallest absolute Gasteiger partial charge is 0.133 e. The highest BCUT2D eigenvalue weighted by molar-refractivity contribution is 8.00. The van der Waals surface area contributed by atoms with Gasteiger partial charge in [-0.15, -0.1) is 0 Å². The van der Waals surface area contributed by atoms with Crippen LogP contribution in [0.2, 0.25) is 0 Å². The minimum Gasteiger partial charge on any atom is -0.312 e. The zero-order valence-electron chi connectivity index (χ0n) is 11.0. The lowest BCUT2D eigenvalue weighted by atomic mass is 9.89. The molecular weight excluding hydrogens is 252 g/mol. The van der Waals surface area contributed by atoms with Crippen molar-refractivity contribution in [2.45, 2.75) is 37.5 Å². The van der Waals surface area contributed by atoms with E-state index in [2.05, 4.69) is 12.2 Å². The van der Waals surface area contributed by atoms with Crippen molar-refractivity contribution < 1.29 is 8.78 Å². The minimum atomic E-state index is -0.453. The van der Waals surface area contributed by atoms with Gasteiger partial charge in [0.2, 0.25) is 0 Å². The second kappa shape index (κ2) is 5.17. The van der Waals surface area contributed by atoms with Gasteiger partial charge in [0.15, 0.2) is 0 Å². The molecule has 2 unspecified atom stereocenters. The molecular formula is C14H19F2NS. The van der Waals surface area contributed by atoms with Gasteiger partial charge in [0.05, 0.1) is 6.04 Å². The van der Waals surface area contributed by atoms with Crippen LogP contribution in [0.3, 0.4) is 0 Å². The molecule has 2 rings (SSSR count). The van der Waals surface area contributed by atoms with Gasteiger partial charge in [0.25, 0.3) is 0 Å². The average Bonchev–Trinajstić information content (AvgIpc) is 2.77. The Labute approximate surface area is 111 Å². The van der Waals surface area contributed by atoms with Crippen molar-refractivity contribution in [1.82, 2.24) is 5.32 Å². The van der Waals surface area contributed by atoms with Gasteiger partial charge >= 0.3 is 0 Å². The van der Waals surface area contributed by atoms with Gasteiger partial charge in [0, 0.05) is 10.3 Å². The number of benzene rings is 1. The predicted octanol–water partition coefficient (Wildman–Crippen LogP) is 3.82. The van der Waals surface area contributed by atoms with Crippen molar-refractivity contribution in [1.29, 1.82) is 0 Å². The molecule has 0 amide bonds. The molecule has 1 saturated heterocycles. The lowest BCUT2D eigenvalue weighted by Crippen LogP contribution is -2.37. The van der Waals surface area contributed by atoms with Crippen molar-refractivity contribution in [3.8, 4) is 0 Å². The van der Waals surface area contributed by atoms with Gasteiger partial charge in [-0.1, -0.05) is 6.07 Å². The number of halogens is 2. The SMILES string of the molecule is CNC(c1c(F)ccc(C)c1F)C1(C)CCCS1. The molecule has 0 radical (unpaired) electrons. The third kappa shape index (κ3) is 2.28. The standard InChI is InChI=1S/C14H19F2NS/c1-9-5-6-10(15)11(12(9)16)13(17-3)14(2)7-4-8-18-14/h5-6,13,17H,4,7-8H2,1-3H3. The van der Waals surface area contributed by atoms with Crippen LogP contribution in [0, 0.1) is 18.6 Å². The fourth-order valence-corrected chi connectivity index (χ4v) is 4.17. The summed E-state index contributed by atoms with van der Waals surface area (Å²) in [5, 5.41) is 3.11. The Balaban J connectivity index is 2.48. The molecule has 1 aromatic carbocycles. The Morgan fingerprint density at radius 2 is 2.11 bits per heavy atom. The first-order chi connectivity index (χ1) is 8.49. The monoisotopic (exact) mass is 271 g/mol. The molecule has 0 aliphatic carbocycles. The van der Waals surface area contributed by atoms with E-state index in [-0.39, 0.29) is 16.4 Å². The highest BCUT2D eigenvalue weighted by Crippen LogP contribution is 2.47. The van der Waals surface area contributed by atoms with Crippen LogP contribution in [0.25, 0.3) is 0 Å². The second-order valence-corrected chi connectivity index (χ2v) is 6.71. The van der Waals surface area contributed by atoms with Crippen LogP contribution in [-0.2, 0) is 0 Å². The van der Waals surface area contributed by atoms with Crippen LogP contribution in [0.5, 0.6) is 0 Å². The number of hydrogen-bond donors (Lipinski definition) is 1. The van der Waals surface area contributed by atoms with Gasteiger partial charge in [-0.3, -0.25) is 0 Å². The molecule has 4 heteroatoms. The largest absolute Gasteiger partial charge is 0.312 e. The molecule has 18 heavy (non-hydrogen) atoms. The van der Waals surface area contributed by atoms with Crippen molar-refractivity contribution in [2.75, 3.05) is 12.8 Å². The summed E-state index contributed by atoms with van der Waals surface area (Å²) in [7, 11) is 1.77. The lowest BCUT2D eigenvalue weighted by molar-refractivity contribution is 0.403. The van der Waals surface area contributed by atoms with Crippen LogP contribution in [-0.4, -0.2) is 17.5 Å². The Hall–Kier alpha value is -0.610. The topological polar surface area (TPSA) is 12.0 Å². The summed E-state index contributed by atoms with van der Waals surface area (Å²) >= 11 is 1.80. The molecule has 1 aliphatic heterocycles. The van der Waals surface area contributed by atoms with E-state index in [1.807, 2.05) is 0 Å². The van der Waals surface area contributed by atoms with E-state index >= 15 is 0 Å². The maximum Gasteiger partial charge on any atom is 0.133 e. The van der Waals surface area contributed by atoms with Gasteiger partial charge < -0.3 is 5.32 Å². The summed E-state index contributed by atoms with van der Waals surface area (Å²) in [5.74, 6) is 0.193. The summed E-state index contributed by atoms with van der Waals surface area (Å²) in [6, 6.07) is 2.57. The molecule has 0 bridgehead atoms.